The van der Waals surface area contributed by atoms with Gasteiger partial charge in [-0.15, -0.1) is 5.10 Å². The minimum atomic E-state index is -0.821. The van der Waals surface area contributed by atoms with Crippen molar-refractivity contribution in [2.45, 2.75) is 37.3 Å². The van der Waals surface area contributed by atoms with Gasteiger partial charge in [0.25, 0.3) is 0 Å². The molecule has 164 valence electrons. The van der Waals surface area contributed by atoms with E-state index in [2.05, 4.69) is 20.4 Å². The molecule has 2 aliphatic rings. The summed E-state index contributed by atoms with van der Waals surface area (Å²) in [6, 6.07) is 1.81. The number of rotatable bonds is 6. The Morgan fingerprint density at radius 3 is 2.71 bits per heavy atom. The Balaban J connectivity index is 1.61. The number of halogens is 2. The van der Waals surface area contributed by atoms with Gasteiger partial charge in [-0.25, -0.2) is 23.1 Å². The van der Waals surface area contributed by atoms with E-state index < -0.39 is 11.6 Å². The highest BCUT2D eigenvalue weighted by Gasteiger charge is 2.32. The van der Waals surface area contributed by atoms with Gasteiger partial charge in [0.1, 0.15) is 29.3 Å². The maximum atomic E-state index is 14.4. The van der Waals surface area contributed by atoms with Gasteiger partial charge in [-0.1, -0.05) is 11.6 Å². The van der Waals surface area contributed by atoms with Crippen molar-refractivity contribution < 1.29 is 23.0 Å². The van der Waals surface area contributed by atoms with Crippen LogP contribution < -0.4 is 4.74 Å². The fraction of sp³-hybridized carbons (Fsp3) is 0.500. The Hall–Kier alpha value is -2.92. The van der Waals surface area contributed by atoms with Gasteiger partial charge in [-0.05, 0) is 12.8 Å². The predicted molar refractivity (Wildman–Crippen MR) is 104 cm³/mol. The smallest absolute Gasteiger partial charge is 0.185 e. The highest BCUT2D eigenvalue weighted by molar-refractivity contribution is 5.56. The molecule has 2 fully saturated rings. The number of ether oxygens (including phenoxy) is 3. The van der Waals surface area contributed by atoms with Crippen molar-refractivity contribution in [2.24, 2.45) is 0 Å². The van der Waals surface area contributed by atoms with Crippen LogP contribution in [0.15, 0.2) is 18.3 Å². The molecule has 0 N–H and O–H groups in total. The average molecular weight is 432 g/mol. The van der Waals surface area contributed by atoms with E-state index in [4.69, 9.17) is 14.2 Å². The molecule has 9 nitrogen and oxygen atoms in total. The minimum Gasteiger partial charge on any atom is -0.491 e. The zero-order chi connectivity index (χ0) is 21.5. The third kappa shape index (κ3) is 3.47. The number of hydrogen-bond donors (Lipinski definition) is 0. The summed E-state index contributed by atoms with van der Waals surface area (Å²) in [7, 11) is 2.95. The first kappa shape index (κ1) is 20.0. The van der Waals surface area contributed by atoms with Crippen molar-refractivity contribution in [3.05, 3.63) is 35.8 Å². The Morgan fingerprint density at radius 2 is 2.00 bits per heavy atom. The highest BCUT2D eigenvalue weighted by Crippen LogP contribution is 2.37. The van der Waals surface area contributed by atoms with Crippen LogP contribution in [0.3, 0.4) is 0 Å². The van der Waals surface area contributed by atoms with Crippen molar-refractivity contribution in [1.29, 1.82) is 0 Å². The molecule has 0 bridgehead atoms. The van der Waals surface area contributed by atoms with Crippen molar-refractivity contribution in [2.75, 3.05) is 27.4 Å². The molecule has 5 rings (SSSR count). The molecular formula is C20H22F2N6O3. The van der Waals surface area contributed by atoms with Crippen LogP contribution in [0, 0.1) is 11.6 Å². The lowest BCUT2D eigenvalue weighted by Gasteiger charge is -2.21. The molecule has 0 radical (unpaired) electrons. The Labute approximate surface area is 176 Å². The van der Waals surface area contributed by atoms with Crippen LogP contribution in [0.4, 0.5) is 8.78 Å². The van der Waals surface area contributed by atoms with Crippen LogP contribution in [0.1, 0.15) is 37.0 Å². The minimum absolute atomic E-state index is 0.113. The van der Waals surface area contributed by atoms with E-state index in [0.717, 1.165) is 25.3 Å². The van der Waals surface area contributed by atoms with Gasteiger partial charge in [0.2, 0.25) is 0 Å². The van der Waals surface area contributed by atoms with E-state index in [1.54, 1.807) is 18.0 Å². The van der Waals surface area contributed by atoms with Crippen LogP contribution in [0.5, 0.6) is 5.75 Å². The molecule has 1 saturated carbocycles. The highest BCUT2D eigenvalue weighted by atomic mass is 19.1. The van der Waals surface area contributed by atoms with Crippen molar-refractivity contribution in [1.82, 2.24) is 29.8 Å². The molecule has 2 aromatic heterocycles. The third-order valence-electron chi connectivity index (χ3n) is 5.90. The molecule has 0 unspecified atom stereocenters. The van der Waals surface area contributed by atoms with Gasteiger partial charge < -0.3 is 14.2 Å². The fourth-order valence-corrected chi connectivity index (χ4v) is 3.94. The lowest BCUT2D eigenvalue weighted by Crippen LogP contribution is -2.24. The fourth-order valence-electron chi connectivity index (χ4n) is 3.94. The first-order valence-corrected chi connectivity index (χ1v) is 10.1. The standard InChI is InChI=1S/C20H22F2N6O3/c1-29-17-10-31-9-16(17)27-8-14(24-26-27)20-23-19(11-4-3-5-11)25-28(20)15-7-12(21)6-13(22)18(15)30-2/h6-8,11,16-17H,3-5,9-10H2,1-2H3/t16-,17-/m1/s1. The van der Waals surface area contributed by atoms with E-state index in [0.29, 0.717) is 30.6 Å². The topological polar surface area (TPSA) is 89.1 Å². The zero-order valence-corrected chi connectivity index (χ0v) is 17.2. The quantitative estimate of drug-likeness (QED) is 0.592. The summed E-state index contributed by atoms with van der Waals surface area (Å²) in [5.74, 6) is -0.524. The van der Waals surface area contributed by atoms with Crippen LogP contribution in [-0.2, 0) is 9.47 Å². The molecular weight excluding hydrogens is 410 g/mol. The molecule has 2 atom stereocenters. The predicted octanol–water partition coefficient (Wildman–Crippen LogP) is 2.67. The Bertz CT molecular complexity index is 1100. The van der Waals surface area contributed by atoms with Crippen molar-refractivity contribution in [3.8, 4) is 23.0 Å². The molecule has 3 aromatic rings. The van der Waals surface area contributed by atoms with Crippen LogP contribution >= 0.6 is 0 Å². The number of methoxy groups -OCH3 is 2. The number of nitrogens with zero attached hydrogens (tertiary/aromatic N) is 6. The van der Waals surface area contributed by atoms with E-state index in [1.165, 1.54) is 17.9 Å². The monoisotopic (exact) mass is 432 g/mol. The van der Waals surface area contributed by atoms with Gasteiger partial charge in [0, 0.05) is 25.2 Å². The Kier molecular flexibility index (Phi) is 5.14. The number of aromatic nitrogens is 6. The largest absolute Gasteiger partial charge is 0.491 e. The van der Waals surface area contributed by atoms with E-state index >= 15 is 0 Å². The molecule has 1 saturated heterocycles. The second kappa shape index (κ2) is 7.97. The molecule has 0 amide bonds. The van der Waals surface area contributed by atoms with Gasteiger partial charge >= 0.3 is 0 Å². The summed E-state index contributed by atoms with van der Waals surface area (Å²) < 4.78 is 47.6. The summed E-state index contributed by atoms with van der Waals surface area (Å²) >= 11 is 0. The number of hydrogen-bond acceptors (Lipinski definition) is 7. The van der Waals surface area contributed by atoms with E-state index in [9.17, 15) is 8.78 Å². The Morgan fingerprint density at radius 1 is 1.16 bits per heavy atom. The first-order valence-electron chi connectivity index (χ1n) is 10.1. The maximum Gasteiger partial charge on any atom is 0.185 e. The van der Waals surface area contributed by atoms with Crippen LogP contribution in [0.2, 0.25) is 0 Å². The van der Waals surface area contributed by atoms with Crippen LogP contribution in [-0.4, -0.2) is 63.3 Å². The van der Waals surface area contributed by atoms with Crippen LogP contribution in [0.25, 0.3) is 17.2 Å². The summed E-state index contributed by atoms with van der Waals surface area (Å²) in [4.78, 5) is 4.67. The normalized spacial score (nSPS) is 21.4. The summed E-state index contributed by atoms with van der Waals surface area (Å²) in [5.41, 5.74) is 0.535. The second-order valence-electron chi connectivity index (χ2n) is 7.74. The third-order valence-corrected chi connectivity index (χ3v) is 5.90. The maximum absolute atomic E-state index is 14.4. The number of benzene rings is 1. The molecule has 3 heterocycles. The molecule has 11 heteroatoms. The van der Waals surface area contributed by atoms with Crippen molar-refractivity contribution >= 4 is 0 Å². The second-order valence-corrected chi connectivity index (χ2v) is 7.74. The SMILES string of the molecule is COc1c(F)cc(F)cc1-n1nc(C2CCC2)nc1-c1cn([C@@H]2COC[C@H]2OC)nn1. The van der Waals surface area contributed by atoms with E-state index in [-0.39, 0.29) is 29.5 Å². The van der Waals surface area contributed by atoms with Gasteiger partial charge in [-0.2, -0.15) is 5.10 Å². The lowest BCUT2D eigenvalue weighted by atomic mass is 9.85. The summed E-state index contributed by atoms with van der Waals surface area (Å²) in [5, 5.41) is 13.0. The van der Waals surface area contributed by atoms with Gasteiger partial charge in [0.05, 0.1) is 26.5 Å². The summed E-state index contributed by atoms with van der Waals surface area (Å²) in [6.45, 7) is 0.919. The molecule has 1 aromatic carbocycles. The molecule has 31 heavy (non-hydrogen) atoms. The van der Waals surface area contributed by atoms with Crippen molar-refractivity contribution in [3.63, 3.8) is 0 Å². The van der Waals surface area contributed by atoms with Gasteiger partial charge in [-0.3, -0.25) is 0 Å². The lowest BCUT2D eigenvalue weighted by molar-refractivity contribution is 0.0661. The van der Waals surface area contributed by atoms with E-state index in [1.807, 2.05) is 0 Å². The zero-order valence-electron chi connectivity index (χ0n) is 17.2. The average Bonchev–Trinajstić information content (AvgIpc) is 3.44. The molecule has 1 aliphatic heterocycles. The summed E-state index contributed by atoms with van der Waals surface area (Å²) in [6.07, 6.45) is 4.62. The first-order chi connectivity index (χ1) is 15.1. The molecule has 1 aliphatic carbocycles. The molecule has 0 spiro atoms. The van der Waals surface area contributed by atoms with Gasteiger partial charge in [0.15, 0.2) is 23.2 Å².